The van der Waals surface area contributed by atoms with Crippen LogP contribution in [0.1, 0.15) is 25.0 Å². The molecule has 4 rings (SSSR count). The van der Waals surface area contributed by atoms with E-state index in [0.29, 0.717) is 21.6 Å². The highest BCUT2D eigenvalue weighted by molar-refractivity contribution is 9.10. The number of halogens is 2. The molecule has 6 heteroatoms. The van der Waals surface area contributed by atoms with Gasteiger partial charge in [0.25, 0.3) is 0 Å². The number of nitrogens with zero attached hydrogens (tertiary/aromatic N) is 1. The Labute approximate surface area is 144 Å². The minimum Gasteiger partial charge on any atom is -0.505 e. The van der Waals surface area contributed by atoms with Crippen LogP contribution in [0.3, 0.4) is 0 Å². The molecule has 114 valence electrons. The number of aliphatic imine (C=N–C) groups is 1. The second-order valence-corrected chi connectivity index (χ2v) is 8.18. The Kier molecular flexibility index (Phi) is 3.42. The molecule has 1 aliphatic heterocycles. The third-order valence-electron chi connectivity index (χ3n) is 4.58. The fraction of sp³-hybridized carbons (Fsp3) is 0.375. The lowest BCUT2D eigenvalue weighted by Gasteiger charge is -2.25. The molecule has 3 unspecified atom stereocenters. The van der Waals surface area contributed by atoms with Crippen molar-refractivity contribution in [2.45, 2.75) is 30.1 Å². The van der Waals surface area contributed by atoms with E-state index in [1.165, 1.54) is 0 Å². The average molecular weight is 426 g/mol. The molecule has 1 aromatic carbocycles. The number of benzene rings is 1. The summed E-state index contributed by atoms with van der Waals surface area (Å²) in [5.41, 5.74) is 1.67. The molecule has 2 N–H and O–H groups in total. The molecule has 1 saturated carbocycles. The third kappa shape index (κ3) is 2.15. The molecule has 1 aromatic heterocycles. The zero-order valence-corrected chi connectivity index (χ0v) is 14.8. The number of aromatic nitrogens is 1. The highest BCUT2D eigenvalue weighted by Gasteiger charge is 2.42. The molecule has 0 saturated heterocycles. The van der Waals surface area contributed by atoms with Crippen molar-refractivity contribution < 1.29 is 9.90 Å². The Morgan fingerprint density at radius 2 is 2.14 bits per heavy atom. The van der Waals surface area contributed by atoms with Crippen LogP contribution in [0, 0.1) is 5.92 Å². The van der Waals surface area contributed by atoms with Crippen molar-refractivity contribution in [2.24, 2.45) is 10.9 Å². The number of hydrogen-bond acceptors (Lipinski definition) is 3. The fourth-order valence-corrected chi connectivity index (χ4v) is 4.48. The molecule has 22 heavy (non-hydrogen) atoms. The van der Waals surface area contributed by atoms with E-state index in [1.807, 2.05) is 18.2 Å². The number of hydrogen-bond donors (Lipinski definition) is 2. The molecule has 2 aromatic rings. The average Bonchev–Trinajstić information content (AvgIpc) is 2.98. The minimum absolute atomic E-state index is 0.0503. The number of rotatable bonds is 1. The first-order chi connectivity index (χ1) is 10.5. The second kappa shape index (κ2) is 5.20. The van der Waals surface area contributed by atoms with Crippen molar-refractivity contribution in [3.63, 3.8) is 0 Å². The molecule has 1 aliphatic carbocycles. The highest BCUT2D eigenvalue weighted by Crippen LogP contribution is 2.39. The van der Waals surface area contributed by atoms with Gasteiger partial charge < -0.3 is 10.1 Å². The van der Waals surface area contributed by atoms with Crippen LogP contribution < -0.4 is 0 Å². The smallest absolute Gasteiger partial charge is 0.188 e. The van der Waals surface area contributed by atoms with E-state index in [4.69, 9.17) is 0 Å². The monoisotopic (exact) mass is 424 g/mol. The highest BCUT2D eigenvalue weighted by atomic mass is 79.9. The lowest BCUT2D eigenvalue weighted by Crippen LogP contribution is -2.31. The number of fused-ring (bicyclic) bond motifs is 2. The summed E-state index contributed by atoms with van der Waals surface area (Å²) in [6, 6.07) is 5.68. The first-order valence-corrected chi connectivity index (χ1v) is 9.02. The van der Waals surface area contributed by atoms with Gasteiger partial charge in [0.15, 0.2) is 11.5 Å². The van der Waals surface area contributed by atoms with Crippen molar-refractivity contribution in [3.8, 4) is 5.75 Å². The van der Waals surface area contributed by atoms with Gasteiger partial charge >= 0.3 is 0 Å². The van der Waals surface area contributed by atoms with Gasteiger partial charge in [-0.1, -0.05) is 31.9 Å². The molecule has 0 radical (unpaired) electrons. The zero-order valence-electron chi connectivity index (χ0n) is 11.6. The maximum atomic E-state index is 12.7. The van der Waals surface area contributed by atoms with Gasteiger partial charge in [-0.15, -0.1) is 0 Å². The molecule has 0 amide bonds. The van der Waals surface area contributed by atoms with Crippen LogP contribution in [0.2, 0.25) is 0 Å². The summed E-state index contributed by atoms with van der Waals surface area (Å²) in [4.78, 5) is 20.8. The van der Waals surface area contributed by atoms with E-state index in [0.717, 1.165) is 29.3 Å². The van der Waals surface area contributed by atoms with Crippen LogP contribution in [-0.4, -0.2) is 32.5 Å². The Morgan fingerprint density at radius 1 is 1.32 bits per heavy atom. The standard InChI is InChI=1S/C16H14Br2N2O2/c17-7-1-3-11-9(5-7)15(21)13(19-11)14-16(22)10-6-8(18)2-4-12(10)20-14/h1,3,5,8,10,12,19,21H,2,4,6H2. The number of aromatic amines is 1. The maximum Gasteiger partial charge on any atom is 0.188 e. The van der Waals surface area contributed by atoms with Crippen LogP contribution in [0.5, 0.6) is 5.75 Å². The number of carbonyl (C=O) groups is 1. The Bertz CT molecular complexity index is 812. The summed E-state index contributed by atoms with van der Waals surface area (Å²) >= 11 is 7.01. The van der Waals surface area contributed by atoms with Gasteiger partial charge in [0.05, 0.1) is 6.04 Å². The van der Waals surface area contributed by atoms with E-state index in [-0.39, 0.29) is 23.5 Å². The van der Waals surface area contributed by atoms with E-state index >= 15 is 0 Å². The Balaban J connectivity index is 1.79. The number of ketones is 1. The van der Waals surface area contributed by atoms with Crippen molar-refractivity contribution >= 4 is 54.3 Å². The van der Waals surface area contributed by atoms with Crippen molar-refractivity contribution in [1.29, 1.82) is 0 Å². The van der Waals surface area contributed by atoms with Crippen LogP contribution in [0.4, 0.5) is 0 Å². The quantitative estimate of drug-likeness (QED) is 0.679. The fourth-order valence-electron chi connectivity index (χ4n) is 3.45. The summed E-state index contributed by atoms with van der Waals surface area (Å²) in [5.74, 6) is 0.109. The van der Waals surface area contributed by atoms with E-state index < -0.39 is 0 Å². The molecule has 0 bridgehead atoms. The number of nitrogens with one attached hydrogen (secondary N) is 1. The van der Waals surface area contributed by atoms with Gasteiger partial charge in [-0.3, -0.25) is 9.79 Å². The van der Waals surface area contributed by atoms with Crippen molar-refractivity contribution in [3.05, 3.63) is 28.4 Å². The number of carbonyl (C=O) groups excluding carboxylic acids is 1. The summed E-state index contributed by atoms with van der Waals surface area (Å²) in [6.45, 7) is 0. The number of H-pyrrole nitrogens is 1. The second-order valence-electron chi connectivity index (χ2n) is 5.96. The van der Waals surface area contributed by atoms with Crippen LogP contribution >= 0.6 is 31.9 Å². The van der Waals surface area contributed by atoms with Crippen LogP contribution in [-0.2, 0) is 4.79 Å². The first-order valence-electron chi connectivity index (χ1n) is 7.31. The lowest BCUT2D eigenvalue weighted by atomic mass is 9.83. The molecule has 1 fully saturated rings. The third-order valence-corrected chi connectivity index (χ3v) is 5.91. The predicted octanol–water partition coefficient (Wildman–Crippen LogP) is 3.94. The van der Waals surface area contributed by atoms with E-state index in [1.54, 1.807) is 0 Å². The molecule has 2 heterocycles. The molecular weight excluding hydrogens is 412 g/mol. The summed E-state index contributed by atoms with van der Waals surface area (Å²) in [7, 11) is 0. The molecule has 0 spiro atoms. The maximum absolute atomic E-state index is 12.7. The van der Waals surface area contributed by atoms with Gasteiger partial charge in [0.1, 0.15) is 11.4 Å². The van der Waals surface area contributed by atoms with E-state index in [9.17, 15) is 9.90 Å². The lowest BCUT2D eigenvalue weighted by molar-refractivity contribution is -0.116. The topological polar surface area (TPSA) is 65.5 Å². The molecule has 4 nitrogen and oxygen atoms in total. The van der Waals surface area contributed by atoms with Crippen molar-refractivity contribution in [1.82, 2.24) is 4.98 Å². The molecular formula is C16H14Br2N2O2. The van der Waals surface area contributed by atoms with Gasteiger partial charge in [-0.05, 0) is 37.5 Å². The first kappa shape index (κ1) is 14.5. The Hall–Kier alpha value is -1.14. The summed E-state index contributed by atoms with van der Waals surface area (Å²) in [5, 5.41) is 11.2. The van der Waals surface area contributed by atoms with Gasteiger partial charge in [0, 0.05) is 26.1 Å². The minimum atomic E-state index is -0.0503. The molecule has 2 aliphatic rings. The Morgan fingerprint density at radius 3 is 2.95 bits per heavy atom. The van der Waals surface area contributed by atoms with Crippen LogP contribution in [0.25, 0.3) is 10.9 Å². The van der Waals surface area contributed by atoms with Crippen molar-refractivity contribution in [2.75, 3.05) is 0 Å². The normalized spacial score (nSPS) is 28.0. The van der Waals surface area contributed by atoms with Crippen LogP contribution in [0.15, 0.2) is 27.7 Å². The van der Waals surface area contributed by atoms with Gasteiger partial charge in [-0.2, -0.15) is 0 Å². The SMILES string of the molecule is O=C1C(c2[nH]c3ccc(Br)cc3c2O)=NC2CCC(Br)CC12. The number of aromatic hydroxyl groups is 1. The van der Waals surface area contributed by atoms with Gasteiger partial charge in [0.2, 0.25) is 0 Å². The summed E-state index contributed by atoms with van der Waals surface area (Å²) in [6.07, 6.45) is 2.78. The largest absolute Gasteiger partial charge is 0.505 e. The number of Topliss-reactive ketones (excluding diaryl/α,β-unsaturated/α-hetero) is 1. The predicted molar refractivity (Wildman–Crippen MR) is 93.1 cm³/mol. The number of alkyl halides is 1. The van der Waals surface area contributed by atoms with Gasteiger partial charge in [-0.25, -0.2) is 0 Å². The zero-order chi connectivity index (χ0) is 15.4. The molecule has 3 atom stereocenters. The van der Waals surface area contributed by atoms with E-state index in [2.05, 4.69) is 41.8 Å². The summed E-state index contributed by atoms with van der Waals surface area (Å²) < 4.78 is 0.885.